The van der Waals surface area contributed by atoms with Crippen molar-refractivity contribution in [1.82, 2.24) is 0 Å². The minimum atomic E-state index is 0.148. The lowest BCUT2D eigenvalue weighted by Crippen LogP contribution is -2.30. The molecule has 0 spiro atoms. The van der Waals surface area contributed by atoms with Gasteiger partial charge in [-0.05, 0) is 49.9 Å². The van der Waals surface area contributed by atoms with Gasteiger partial charge in [0, 0.05) is 30.9 Å². The molecule has 18 heavy (non-hydrogen) atoms. The number of ether oxygens (including phenoxy) is 1. The Balaban J connectivity index is 1.77. The summed E-state index contributed by atoms with van der Waals surface area (Å²) >= 11 is 0. The average molecular weight is 245 g/mol. The number of carbonyl (C=O) groups is 1. The van der Waals surface area contributed by atoms with Crippen molar-refractivity contribution in [2.75, 3.05) is 24.6 Å². The van der Waals surface area contributed by atoms with Gasteiger partial charge in [0.15, 0.2) is 5.78 Å². The Bertz CT molecular complexity index is 464. The van der Waals surface area contributed by atoms with Gasteiger partial charge in [-0.15, -0.1) is 0 Å². The zero-order valence-corrected chi connectivity index (χ0v) is 10.8. The Morgan fingerprint density at radius 1 is 1.50 bits per heavy atom. The average Bonchev–Trinajstić information content (AvgIpc) is 2.99. The van der Waals surface area contributed by atoms with E-state index >= 15 is 0 Å². The zero-order valence-electron chi connectivity index (χ0n) is 10.8. The second kappa shape index (κ2) is 4.73. The SMILES string of the molecule is CC(=O)c1ccc2c(c1)CCN2CC1CCCO1. The van der Waals surface area contributed by atoms with Crippen molar-refractivity contribution in [2.45, 2.75) is 32.3 Å². The highest BCUT2D eigenvalue weighted by Crippen LogP contribution is 2.30. The van der Waals surface area contributed by atoms with E-state index < -0.39 is 0 Å². The van der Waals surface area contributed by atoms with Crippen LogP contribution in [0.25, 0.3) is 0 Å². The minimum Gasteiger partial charge on any atom is -0.376 e. The molecule has 1 saturated heterocycles. The van der Waals surface area contributed by atoms with Crippen LogP contribution in [0.5, 0.6) is 0 Å². The molecule has 3 nitrogen and oxygen atoms in total. The molecule has 0 aliphatic carbocycles. The predicted molar refractivity (Wildman–Crippen MR) is 71.3 cm³/mol. The quantitative estimate of drug-likeness (QED) is 0.766. The molecule has 2 aliphatic heterocycles. The van der Waals surface area contributed by atoms with Crippen LogP contribution < -0.4 is 4.90 Å². The lowest BCUT2D eigenvalue weighted by atomic mass is 10.1. The number of anilines is 1. The first kappa shape index (κ1) is 11.7. The number of rotatable bonds is 3. The first-order valence-corrected chi connectivity index (χ1v) is 6.74. The highest BCUT2D eigenvalue weighted by Gasteiger charge is 2.24. The molecule has 0 amide bonds. The van der Waals surface area contributed by atoms with E-state index in [1.54, 1.807) is 6.92 Å². The third kappa shape index (κ3) is 2.15. The van der Waals surface area contributed by atoms with Crippen LogP contribution in [0.3, 0.4) is 0 Å². The molecule has 1 aromatic rings. The van der Waals surface area contributed by atoms with Crippen LogP contribution in [0.2, 0.25) is 0 Å². The zero-order chi connectivity index (χ0) is 12.5. The van der Waals surface area contributed by atoms with E-state index in [2.05, 4.69) is 11.0 Å². The van der Waals surface area contributed by atoms with Gasteiger partial charge in [-0.1, -0.05) is 0 Å². The third-order valence-corrected chi connectivity index (χ3v) is 3.93. The lowest BCUT2D eigenvalue weighted by molar-refractivity contribution is 0.101. The molecular weight excluding hydrogens is 226 g/mol. The van der Waals surface area contributed by atoms with E-state index in [1.807, 2.05) is 12.1 Å². The molecule has 0 N–H and O–H groups in total. The summed E-state index contributed by atoms with van der Waals surface area (Å²) in [6, 6.07) is 6.08. The molecule has 2 heterocycles. The van der Waals surface area contributed by atoms with Crippen LogP contribution >= 0.6 is 0 Å². The number of carbonyl (C=O) groups excluding carboxylic acids is 1. The maximum atomic E-state index is 11.4. The second-order valence-electron chi connectivity index (χ2n) is 5.23. The molecule has 1 fully saturated rings. The maximum Gasteiger partial charge on any atom is 0.159 e. The van der Waals surface area contributed by atoms with E-state index in [0.717, 1.165) is 31.7 Å². The van der Waals surface area contributed by atoms with Gasteiger partial charge in [0.05, 0.1) is 6.10 Å². The van der Waals surface area contributed by atoms with E-state index in [0.29, 0.717) is 6.10 Å². The molecule has 3 rings (SSSR count). The van der Waals surface area contributed by atoms with Crippen molar-refractivity contribution >= 4 is 11.5 Å². The van der Waals surface area contributed by atoms with Crippen LogP contribution in [0.15, 0.2) is 18.2 Å². The molecule has 3 heteroatoms. The molecule has 1 atom stereocenters. The molecule has 1 unspecified atom stereocenters. The molecule has 0 bridgehead atoms. The first-order chi connectivity index (χ1) is 8.74. The number of benzene rings is 1. The van der Waals surface area contributed by atoms with Crippen LogP contribution in [-0.2, 0) is 11.2 Å². The van der Waals surface area contributed by atoms with E-state index in [1.165, 1.54) is 24.1 Å². The normalized spacial score (nSPS) is 22.3. The van der Waals surface area contributed by atoms with E-state index in [4.69, 9.17) is 4.74 Å². The van der Waals surface area contributed by atoms with Gasteiger partial charge in [0.2, 0.25) is 0 Å². The van der Waals surface area contributed by atoms with Gasteiger partial charge < -0.3 is 9.64 Å². The molecule has 0 saturated carbocycles. The second-order valence-corrected chi connectivity index (χ2v) is 5.23. The Hall–Kier alpha value is -1.35. The maximum absolute atomic E-state index is 11.4. The van der Waals surface area contributed by atoms with Crippen LogP contribution in [-0.4, -0.2) is 31.6 Å². The Morgan fingerprint density at radius 3 is 3.11 bits per heavy atom. The number of hydrogen-bond donors (Lipinski definition) is 0. The summed E-state index contributed by atoms with van der Waals surface area (Å²) < 4.78 is 5.70. The topological polar surface area (TPSA) is 29.5 Å². The number of Topliss-reactive ketones (excluding diaryl/α,β-unsaturated/α-hetero) is 1. The third-order valence-electron chi connectivity index (χ3n) is 3.93. The van der Waals surface area contributed by atoms with Crippen LogP contribution in [0, 0.1) is 0 Å². The largest absolute Gasteiger partial charge is 0.376 e. The smallest absolute Gasteiger partial charge is 0.159 e. The fourth-order valence-electron chi connectivity index (χ4n) is 2.91. The van der Waals surface area contributed by atoms with E-state index in [9.17, 15) is 4.79 Å². The molecule has 1 aromatic carbocycles. The number of nitrogens with zero attached hydrogens (tertiary/aromatic N) is 1. The van der Waals surface area contributed by atoms with Crippen molar-refractivity contribution in [3.8, 4) is 0 Å². The van der Waals surface area contributed by atoms with Crippen molar-refractivity contribution in [1.29, 1.82) is 0 Å². The van der Waals surface area contributed by atoms with Crippen molar-refractivity contribution in [3.05, 3.63) is 29.3 Å². The molecule has 2 aliphatic rings. The summed E-state index contributed by atoms with van der Waals surface area (Å²) in [6.07, 6.45) is 3.80. The predicted octanol–water partition coefficient (Wildman–Crippen LogP) is 2.43. The van der Waals surface area contributed by atoms with Crippen LogP contribution in [0.1, 0.15) is 35.7 Å². The number of ketones is 1. The number of hydrogen-bond acceptors (Lipinski definition) is 3. The lowest BCUT2D eigenvalue weighted by Gasteiger charge is -2.23. The highest BCUT2D eigenvalue weighted by molar-refractivity contribution is 5.94. The van der Waals surface area contributed by atoms with Crippen molar-refractivity contribution in [3.63, 3.8) is 0 Å². The fourth-order valence-corrected chi connectivity index (χ4v) is 2.91. The highest BCUT2D eigenvalue weighted by atomic mass is 16.5. The minimum absolute atomic E-state index is 0.148. The van der Waals surface area contributed by atoms with Gasteiger partial charge >= 0.3 is 0 Å². The summed E-state index contributed by atoms with van der Waals surface area (Å²) in [4.78, 5) is 13.8. The summed E-state index contributed by atoms with van der Waals surface area (Å²) in [6.45, 7) is 4.58. The molecule has 96 valence electrons. The molecule has 0 radical (unpaired) electrons. The Morgan fingerprint density at radius 2 is 2.39 bits per heavy atom. The summed E-state index contributed by atoms with van der Waals surface area (Å²) in [5, 5.41) is 0. The van der Waals surface area contributed by atoms with Gasteiger partial charge in [-0.25, -0.2) is 0 Å². The standard InChI is InChI=1S/C15H19NO2/c1-11(17)12-4-5-15-13(9-12)6-7-16(15)10-14-3-2-8-18-14/h4-5,9,14H,2-3,6-8,10H2,1H3. The van der Waals surface area contributed by atoms with Gasteiger partial charge in [0.25, 0.3) is 0 Å². The molecular formula is C15H19NO2. The Labute approximate surface area is 108 Å². The summed E-state index contributed by atoms with van der Waals surface area (Å²) in [5.41, 5.74) is 3.42. The fraction of sp³-hybridized carbons (Fsp3) is 0.533. The molecule has 0 aromatic heterocycles. The van der Waals surface area contributed by atoms with Gasteiger partial charge in [0.1, 0.15) is 0 Å². The van der Waals surface area contributed by atoms with Gasteiger partial charge in [-0.2, -0.15) is 0 Å². The monoisotopic (exact) mass is 245 g/mol. The van der Waals surface area contributed by atoms with Gasteiger partial charge in [-0.3, -0.25) is 4.79 Å². The Kier molecular flexibility index (Phi) is 3.08. The van der Waals surface area contributed by atoms with Crippen LogP contribution in [0.4, 0.5) is 5.69 Å². The van der Waals surface area contributed by atoms with E-state index in [-0.39, 0.29) is 5.78 Å². The van der Waals surface area contributed by atoms with Crippen molar-refractivity contribution in [2.24, 2.45) is 0 Å². The summed E-state index contributed by atoms with van der Waals surface area (Å²) in [5.74, 6) is 0.148. The number of fused-ring (bicyclic) bond motifs is 1. The first-order valence-electron chi connectivity index (χ1n) is 6.74. The summed E-state index contributed by atoms with van der Waals surface area (Å²) in [7, 11) is 0. The van der Waals surface area contributed by atoms with Crippen molar-refractivity contribution < 1.29 is 9.53 Å².